The highest BCUT2D eigenvalue weighted by Gasteiger charge is 2.69. The fourth-order valence-corrected chi connectivity index (χ4v) is 13.5. The monoisotopic (exact) mass is 966 g/mol. The Bertz CT molecular complexity index is 1760. The van der Waals surface area contributed by atoms with Gasteiger partial charge in [0.15, 0.2) is 18.9 Å². The van der Waals surface area contributed by atoms with E-state index in [1.165, 1.54) is 0 Å². The summed E-state index contributed by atoms with van der Waals surface area (Å²) in [7, 11) is 0. The van der Waals surface area contributed by atoms with E-state index in [1.54, 1.807) is 0 Å². The molecule has 0 radical (unpaired) electrons. The molecule has 23 heteroatoms. The Morgan fingerprint density at radius 2 is 1.07 bits per heavy atom. The standard InChI is InChI=1S/C44H70O23/c1-17-11-43-9-5-22-41(2,7-4-8-42(22,3)40(59)66-38-33(58)35(26(51)20(14-47)62-38)65-37-31(56)28(53)25(50)19(13-46)61-37)23(43)6-10-44(17,16-43)67-39-32(57)29(54)34(21(15-48)63-39)64-36-30(55)27(52)24(49)18(12-45)60-36/h18-39,45-58H,1,4-16H2,2-3H3/t18-,19-,20-,21-,22?,23?,24-,25-,26-,27+,28+,29-,30-,31-,32-,33?,34-,35+,36-,37-,38+,39+,41-,42-,43?,44+/m1/s1. The molecule has 4 unspecified atom stereocenters. The third-order valence-corrected chi connectivity index (χ3v) is 17.1. The third-order valence-electron chi connectivity index (χ3n) is 17.1. The Labute approximate surface area is 386 Å². The number of hydrogen-bond donors (Lipinski definition) is 14. The van der Waals surface area contributed by atoms with E-state index < -0.39 is 172 Å². The van der Waals surface area contributed by atoms with Crippen molar-refractivity contribution in [3.8, 4) is 0 Å². The van der Waals surface area contributed by atoms with Crippen LogP contribution in [0.15, 0.2) is 12.2 Å². The SMILES string of the molecule is C=C1CC23CCC4[C@@](C)(CCC[C@@]4(C)C(=O)O[C@@H]4O[C@H](CO)[C@@H](O)[C@H](O[C@H]5O[C@H](CO)[C@@H](O)[C@H](O)[C@H]5O)C4O)C2CC[C@]1(O[C@@H]1O[C@H](CO)[C@@H](O[C@H]2O[C@H](CO)[C@@H](O)[C@H](O)[C@H]2O)[C@H](O)[C@H]1O)C3. The lowest BCUT2D eigenvalue weighted by Gasteiger charge is -2.64. The lowest BCUT2D eigenvalue weighted by molar-refractivity contribution is -0.368. The van der Waals surface area contributed by atoms with Gasteiger partial charge in [-0.2, -0.15) is 0 Å². The fourth-order valence-electron chi connectivity index (χ4n) is 13.5. The number of fused-ring (bicyclic) bond motifs is 3. The summed E-state index contributed by atoms with van der Waals surface area (Å²) in [6, 6.07) is 0. The Kier molecular flexibility index (Phi) is 15.0. The van der Waals surface area contributed by atoms with Crippen LogP contribution < -0.4 is 0 Å². The zero-order valence-electron chi connectivity index (χ0n) is 37.5. The molecular formula is C44H70O23. The molecule has 4 heterocycles. The first-order valence-corrected chi connectivity index (χ1v) is 23.4. The van der Waals surface area contributed by atoms with E-state index >= 15 is 0 Å². The molecule has 26 atom stereocenters. The van der Waals surface area contributed by atoms with E-state index in [2.05, 4.69) is 13.5 Å². The molecule has 67 heavy (non-hydrogen) atoms. The lowest BCUT2D eigenvalue weighted by Crippen LogP contribution is -2.65. The van der Waals surface area contributed by atoms with Gasteiger partial charge in [0.2, 0.25) is 6.29 Å². The molecule has 8 rings (SSSR count). The topological polar surface area (TPSA) is 374 Å². The van der Waals surface area contributed by atoms with Crippen LogP contribution in [0.5, 0.6) is 0 Å². The van der Waals surface area contributed by atoms with Crippen molar-refractivity contribution >= 4 is 5.97 Å². The highest BCUT2D eigenvalue weighted by molar-refractivity contribution is 5.77. The van der Waals surface area contributed by atoms with Gasteiger partial charge in [-0.3, -0.25) is 4.79 Å². The van der Waals surface area contributed by atoms with Gasteiger partial charge < -0.3 is 109 Å². The molecule has 8 aliphatic rings. The second kappa shape index (κ2) is 19.4. The fraction of sp³-hybridized carbons (Fsp3) is 0.932. The van der Waals surface area contributed by atoms with Gasteiger partial charge in [-0.05, 0) is 86.5 Å². The summed E-state index contributed by atoms with van der Waals surface area (Å²) >= 11 is 0. The van der Waals surface area contributed by atoms with Crippen molar-refractivity contribution in [2.24, 2.45) is 28.1 Å². The van der Waals surface area contributed by atoms with Crippen LogP contribution >= 0.6 is 0 Å². The average molecular weight is 967 g/mol. The summed E-state index contributed by atoms with van der Waals surface area (Å²) in [5.41, 5.74) is -2.08. The van der Waals surface area contributed by atoms with Crippen LogP contribution in [0.25, 0.3) is 0 Å². The molecule has 2 bridgehead atoms. The van der Waals surface area contributed by atoms with Crippen LogP contribution in [0.1, 0.15) is 71.6 Å². The summed E-state index contributed by atoms with van der Waals surface area (Å²) < 4.78 is 46.7. The van der Waals surface area contributed by atoms with Gasteiger partial charge in [0.25, 0.3) is 0 Å². The molecule has 4 aliphatic carbocycles. The van der Waals surface area contributed by atoms with Crippen LogP contribution in [0.2, 0.25) is 0 Å². The lowest BCUT2D eigenvalue weighted by atomic mass is 9.41. The molecule has 4 saturated carbocycles. The molecule has 1 spiro atoms. The summed E-state index contributed by atoms with van der Waals surface area (Å²) in [4.78, 5) is 14.6. The average Bonchev–Trinajstić information content (AvgIpc) is 3.50. The summed E-state index contributed by atoms with van der Waals surface area (Å²) in [6.45, 7) is 5.46. The number of carbonyl (C=O) groups is 1. The Hall–Kier alpha value is -1.63. The molecule has 0 aromatic rings. The molecule has 23 nitrogen and oxygen atoms in total. The van der Waals surface area contributed by atoms with Gasteiger partial charge in [0, 0.05) is 0 Å². The van der Waals surface area contributed by atoms with Crippen molar-refractivity contribution in [1.29, 1.82) is 0 Å². The zero-order chi connectivity index (χ0) is 48.7. The van der Waals surface area contributed by atoms with Crippen LogP contribution in [-0.2, 0) is 42.7 Å². The van der Waals surface area contributed by atoms with E-state index in [-0.39, 0.29) is 17.3 Å². The quantitative estimate of drug-likeness (QED) is 0.0494. The number of rotatable bonds is 12. The molecule has 0 aromatic carbocycles. The van der Waals surface area contributed by atoms with Crippen LogP contribution in [0.4, 0.5) is 0 Å². The van der Waals surface area contributed by atoms with Crippen LogP contribution in [0, 0.1) is 28.1 Å². The van der Waals surface area contributed by atoms with Gasteiger partial charge >= 0.3 is 5.97 Å². The second-order valence-corrected chi connectivity index (χ2v) is 20.8. The normalized spacial score (nSPS) is 54.5. The van der Waals surface area contributed by atoms with E-state index in [0.29, 0.717) is 51.4 Å². The van der Waals surface area contributed by atoms with E-state index in [0.717, 1.165) is 12.0 Å². The first-order valence-electron chi connectivity index (χ1n) is 23.4. The molecule has 0 aromatic heterocycles. The van der Waals surface area contributed by atoms with Gasteiger partial charge in [0.05, 0.1) is 37.4 Å². The van der Waals surface area contributed by atoms with Crippen LogP contribution in [0.3, 0.4) is 0 Å². The van der Waals surface area contributed by atoms with Crippen molar-refractivity contribution in [3.63, 3.8) is 0 Å². The van der Waals surface area contributed by atoms with Gasteiger partial charge in [-0.15, -0.1) is 0 Å². The minimum atomic E-state index is -1.89. The van der Waals surface area contributed by atoms with Crippen molar-refractivity contribution in [3.05, 3.63) is 12.2 Å². The van der Waals surface area contributed by atoms with E-state index in [4.69, 9.17) is 37.9 Å². The first-order chi connectivity index (χ1) is 31.6. The van der Waals surface area contributed by atoms with Crippen LogP contribution in [-0.4, -0.2) is 232 Å². The number of esters is 1. The van der Waals surface area contributed by atoms with Gasteiger partial charge in [-0.1, -0.05) is 19.9 Å². The Balaban J connectivity index is 0.945. The highest BCUT2D eigenvalue weighted by atomic mass is 16.8. The molecule has 384 valence electrons. The maximum Gasteiger partial charge on any atom is 0.314 e. The number of carbonyl (C=O) groups excluding carboxylic acids is 1. The van der Waals surface area contributed by atoms with Gasteiger partial charge in [-0.25, -0.2) is 0 Å². The maximum absolute atomic E-state index is 14.6. The minimum absolute atomic E-state index is 0.0631. The Morgan fingerprint density at radius 1 is 0.567 bits per heavy atom. The summed E-state index contributed by atoms with van der Waals surface area (Å²) in [5.74, 6) is -0.834. The summed E-state index contributed by atoms with van der Waals surface area (Å²) in [6.07, 6.45) is -27.8. The van der Waals surface area contributed by atoms with Crippen molar-refractivity contribution in [2.45, 2.75) is 200 Å². The highest BCUT2D eigenvalue weighted by Crippen LogP contribution is 2.73. The zero-order valence-corrected chi connectivity index (χ0v) is 37.5. The number of hydrogen-bond acceptors (Lipinski definition) is 23. The predicted octanol–water partition coefficient (Wildman–Crippen LogP) is -5.11. The first kappa shape index (κ1) is 51.7. The molecule has 4 aliphatic heterocycles. The molecular weight excluding hydrogens is 896 g/mol. The predicted molar refractivity (Wildman–Crippen MR) is 219 cm³/mol. The number of aliphatic hydroxyl groups excluding tert-OH is 14. The number of ether oxygens (including phenoxy) is 8. The molecule has 4 saturated heterocycles. The third kappa shape index (κ3) is 8.63. The second-order valence-electron chi connectivity index (χ2n) is 20.8. The number of aliphatic hydroxyl groups is 14. The molecule has 14 N–H and O–H groups in total. The summed E-state index contributed by atoms with van der Waals surface area (Å²) in [5, 5.41) is 147. The smallest absolute Gasteiger partial charge is 0.314 e. The van der Waals surface area contributed by atoms with Crippen molar-refractivity contribution in [1.82, 2.24) is 0 Å². The largest absolute Gasteiger partial charge is 0.432 e. The van der Waals surface area contributed by atoms with Crippen molar-refractivity contribution < 1.29 is 114 Å². The minimum Gasteiger partial charge on any atom is -0.432 e. The molecule has 0 amide bonds. The van der Waals surface area contributed by atoms with E-state index in [1.807, 2.05) is 6.92 Å². The molecule has 8 fully saturated rings. The maximum atomic E-state index is 14.6. The van der Waals surface area contributed by atoms with E-state index in [9.17, 15) is 76.3 Å². The van der Waals surface area contributed by atoms with Crippen molar-refractivity contribution in [2.75, 3.05) is 26.4 Å². The van der Waals surface area contributed by atoms with Gasteiger partial charge in [0.1, 0.15) is 97.7 Å². The Morgan fingerprint density at radius 3 is 1.66 bits per heavy atom.